The van der Waals surface area contributed by atoms with E-state index in [1.54, 1.807) is 6.92 Å². The normalized spacial score (nSPS) is 10.3. The fraction of sp³-hybridized carbons (Fsp3) is 0.545. The Hall–Kier alpha value is -2.49. The number of amides is 1. The summed E-state index contributed by atoms with van der Waals surface area (Å²) in [7, 11) is 0. The number of rotatable bonds is 7. The Balaban J connectivity index is 3.08. The minimum absolute atomic E-state index is 0.0159. The van der Waals surface area contributed by atoms with Gasteiger partial charge in [-0.3, -0.25) is 20.3 Å². The van der Waals surface area contributed by atoms with Crippen LogP contribution in [0.2, 0.25) is 0 Å². The lowest BCUT2D eigenvalue weighted by molar-refractivity contribution is -0.384. The number of anilines is 2. The lowest BCUT2D eigenvalue weighted by atomic mass is 10.3. The van der Waals surface area contributed by atoms with Crippen molar-refractivity contribution in [2.45, 2.75) is 26.8 Å². The quantitative estimate of drug-likeness (QED) is 0.363. The second-order valence-corrected chi connectivity index (χ2v) is 4.54. The van der Waals surface area contributed by atoms with E-state index in [2.05, 4.69) is 20.7 Å². The minimum atomic E-state index is -0.599. The Morgan fingerprint density at radius 3 is 2.71 bits per heavy atom. The predicted molar refractivity (Wildman–Crippen MR) is 77.7 cm³/mol. The van der Waals surface area contributed by atoms with E-state index < -0.39 is 4.92 Å². The van der Waals surface area contributed by atoms with Gasteiger partial charge in [0.25, 0.3) is 0 Å². The lowest BCUT2D eigenvalue weighted by Gasteiger charge is -2.21. The van der Waals surface area contributed by atoms with E-state index in [1.807, 2.05) is 13.8 Å². The van der Waals surface area contributed by atoms with Crippen LogP contribution in [0.4, 0.5) is 17.5 Å². The van der Waals surface area contributed by atoms with Crippen molar-refractivity contribution in [3.63, 3.8) is 0 Å². The number of hydrazine groups is 1. The highest BCUT2D eigenvalue weighted by Crippen LogP contribution is 2.25. The van der Waals surface area contributed by atoms with Gasteiger partial charge >= 0.3 is 5.69 Å². The summed E-state index contributed by atoms with van der Waals surface area (Å²) in [6, 6.07) is -0.0159. The summed E-state index contributed by atoms with van der Waals surface area (Å²) < 4.78 is 0. The van der Waals surface area contributed by atoms with Crippen molar-refractivity contribution >= 4 is 23.4 Å². The lowest BCUT2D eigenvalue weighted by Crippen LogP contribution is -2.40. The van der Waals surface area contributed by atoms with Crippen LogP contribution in [0.3, 0.4) is 0 Å². The van der Waals surface area contributed by atoms with Crippen LogP contribution in [0.25, 0.3) is 0 Å². The third-order valence-corrected chi connectivity index (χ3v) is 2.54. The van der Waals surface area contributed by atoms with Gasteiger partial charge in [0, 0.05) is 12.6 Å². The first-order chi connectivity index (χ1) is 9.88. The number of carbonyl (C=O) groups excluding carboxylic acids is 1. The Kier molecular flexibility index (Phi) is 5.79. The molecule has 1 aromatic heterocycles. The summed E-state index contributed by atoms with van der Waals surface area (Å²) >= 11 is 0. The molecule has 1 amide bonds. The van der Waals surface area contributed by atoms with Crippen molar-refractivity contribution in [1.82, 2.24) is 15.3 Å². The average molecular weight is 297 g/mol. The number of likely N-dealkylation sites (N-methyl/N-ethyl adjacent to an activating group) is 1. The fourth-order valence-corrected chi connectivity index (χ4v) is 1.67. The van der Waals surface area contributed by atoms with Crippen LogP contribution in [-0.2, 0) is 4.79 Å². The molecule has 4 N–H and O–H groups in total. The number of nitrogens with one attached hydrogen (secondary N) is 2. The van der Waals surface area contributed by atoms with E-state index >= 15 is 0 Å². The van der Waals surface area contributed by atoms with Crippen molar-refractivity contribution in [1.29, 1.82) is 0 Å². The zero-order valence-corrected chi connectivity index (χ0v) is 12.2. The monoisotopic (exact) mass is 297 g/mol. The summed E-state index contributed by atoms with van der Waals surface area (Å²) in [5.74, 6) is 5.05. The second-order valence-electron chi connectivity index (χ2n) is 4.54. The molecule has 10 nitrogen and oxygen atoms in total. The molecule has 10 heteroatoms. The minimum Gasteiger partial charge on any atom is -0.352 e. The van der Waals surface area contributed by atoms with E-state index in [9.17, 15) is 14.9 Å². The third-order valence-electron chi connectivity index (χ3n) is 2.54. The summed E-state index contributed by atoms with van der Waals surface area (Å²) in [6.07, 6.45) is 1.06. The highest BCUT2D eigenvalue weighted by Gasteiger charge is 2.23. The van der Waals surface area contributed by atoms with Crippen molar-refractivity contribution in [3.05, 3.63) is 16.3 Å². The molecule has 21 heavy (non-hydrogen) atoms. The second kappa shape index (κ2) is 7.33. The van der Waals surface area contributed by atoms with Gasteiger partial charge in [0.1, 0.15) is 6.20 Å². The van der Waals surface area contributed by atoms with Crippen molar-refractivity contribution in [2.75, 3.05) is 23.4 Å². The van der Waals surface area contributed by atoms with Crippen molar-refractivity contribution < 1.29 is 9.72 Å². The van der Waals surface area contributed by atoms with Crippen LogP contribution in [-0.4, -0.2) is 39.9 Å². The first-order valence-electron chi connectivity index (χ1n) is 6.41. The van der Waals surface area contributed by atoms with Crippen LogP contribution in [0.1, 0.15) is 20.8 Å². The molecule has 0 aliphatic rings. The predicted octanol–water partition coefficient (Wildman–Crippen LogP) is 0.0213. The first-order valence-corrected chi connectivity index (χ1v) is 6.41. The van der Waals surface area contributed by atoms with Crippen molar-refractivity contribution in [2.24, 2.45) is 5.84 Å². The molecule has 0 spiro atoms. The summed E-state index contributed by atoms with van der Waals surface area (Å²) in [5, 5.41) is 13.8. The molecule has 0 bridgehead atoms. The number of carbonyl (C=O) groups is 1. The van der Waals surface area contributed by atoms with Gasteiger partial charge in [-0.1, -0.05) is 0 Å². The number of hydrogen-bond acceptors (Lipinski definition) is 8. The van der Waals surface area contributed by atoms with Crippen LogP contribution in [0.5, 0.6) is 0 Å². The highest BCUT2D eigenvalue weighted by atomic mass is 16.6. The molecule has 1 heterocycles. The standard InChI is InChI=1S/C11H19N7O3/c1-4-17(6-9(19)14-7(2)3)10-8(18(20)21)5-13-11(15-10)16-12/h5,7H,4,6,12H2,1-3H3,(H,14,19)(H,13,15,16). The highest BCUT2D eigenvalue weighted by molar-refractivity contribution is 5.82. The first kappa shape index (κ1) is 16.6. The molecule has 0 saturated heterocycles. The van der Waals surface area contributed by atoms with E-state index in [1.165, 1.54) is 4.90 Å². The molecule has 0 radical (unpaired) electrons. The van der Waals surface area contributed by atoms with Gasteiger partial charge in [-0.05, 0) is 20.8 Å². The Morgan fingerprint density at radius 1 is 1.57 bits per heavy atom. The number of hydrogen-bond donors (Lipinski definition) is 3. The Morgan fingerprint density at radius 2 is 2.24 bits per heavy atom. The Bertz CT molecular complexity index is 521. The maximum absolute atomic E-state index is 11.8. The summed E-state index contributed by atoms with van der Waals surface area (Å²) in [6.45, 7) is 5.75. The van der Waals surface area contributed by atoms with Gasteiger partial charge in [-0.2, -0.15) is 4.98 Å². The topological polar surface area (TPSA) is 139 Å². The molecule has 0 aromatic carbocycles. The van der Waals surface area contributed by atoms with E-state index in [0.29, 0.717) is 6.54 Å². The molecule has 0 saturated carbocycles. The number of aromatic nitrogens is 2. The van der Waals surface area contributed by atoms with Gasteiger partial charge in [0.2, 0.25) is 17.7 Å². The number of nitro groups is 1. The molecular weight excluding hydrogens is 278 g/mol. The SMILES string of the molecule is CCN(CC(=O)NC(C)C)c1nc(NN)ncc1[N+](=O)[O-]. The van der Waals surface area contributed by atoms with Gasteiger partial charge in [-0.25, -0.2) is 10.8 Å². The number of nitrogens with zero attached hydrogens (tertiary/aromatic N) is 4. The largest absolute Gasteiger partial charge is 0.352 e. The maximum atomic E-state index is 11.8. The molecule has 0 aliphatic heterocycles. The average Bonchev–Trinajstić information content (AvgIpc) is 2.43. The number of nitrogen functional groups attached to an aromatic ring is 1. The molecule has 0 aliphatic carbocycles. The molecule has 0 atom stereocenters. The van der Waals surface area contributed by atoms with Gasteiger partial charge in [-0.15, -0.1) is 0 Å². The van der Waals surface area contributed by atoms with E-state index in [4.69, 9.17) is 5.84 Å². The molecule has 0 fully saturated rings. The van der Waals surface area contributed by atoms with Crippen molar-refractivity contribution in [3.8, 4) is 0 Å². The van der Waals surface area contributed by atoms with E-state index in [0.717, 1.165) is 6.20 Å². The number of nitrogens with two attached hydrogens (primary N) is 1. The van der Waals surface area contributed by atoms with Gasteiger partial charge in [0.05, 0.1) is 11.5 Å². The van der Waals surface area contributed by atoms with Crippen LogP contribution in [0, 0.1) is 10.1 Å². The molecule has 1 aromatic rings. The van der Waals surface area contributed by atoms with Crippen LogP contribution >= 0.6 is 0 Å². The third kappa shape index (κ3) is 4.53. The molecule has 1 rings (SSSR count). The Labute approximate surface area is 121 Å². The van der Waals surface area contributed by atoms with Gasteiger partial charge in [0.15, 0.2) is 0 Å². The van der Waals surface area contributed by atoms with Crippen LogP contribution < -0.4 is 21.5 Å². The maximum Gasteiger partial charge on any atom is 0.329 e. The smallest absolute Gasteiger partial charge is 0.329 e. The van der Waals surface area contributed by atoms with Crippen LogP contribution in [0.15, 0.2) is 6.20 Å². The summed E-state index contributed by atoms with van der Waals surface area (Å²) in [5.41, 5.74) is 1.94. The van der Waals surface area contributed by atoms with Gasteiger partial charge < -0.3 is 10.2 Å². The fourth-order valence-electron chi connectivity index (χ4n) is 1.67. The zero-order chi connectivity index (χ0) is 16.0. The summed E-state index contributed by atoms with van der Waals surface area (Å²) in [4.78, 5) is 31.4. The molecule has 116 valence electrons. The molecular formula is C11H19N7O3. The van der Waals surface area contributed by atoms with E-state index in [-0.39, 0.29) is 35.9 Å². The molecule has 0 unspecified atom stereocenters. The zero-order valence-electron chi connectivity index (χ0n) is 12.2.